The molecule has 4 nitrogen and oxygen atoms in total. The van der Waals surface area contributed by atoms with E-state index >= 15 is 0 Å². The van der Waals surface area contributed by atoms with Crippen LogP contribution in [0.2, 0.25) is 5.02 Å². The molecule has 1 atom stereocenters. The minimum atomic E-state index is -0.444. The van der Waals surface area contributed by atoms with Crippen LogP contribution in [0.25, 0.3) is 0 Å². The summed E-state index contributed by atoms with van der Waals surface area (Å²) in [5, 5.41) is 8.78. The van der Waals surface area contributed by atoms with Gasteiger partial charge in [0.15, 0.2) is 5.11 Å². The second-order valence-corrected chi connectivity index (χ2v) is 7.13. The average molecular weight is 395 g/mol. The highest BCUT2D eigenvalue weighted by Crippen LogP contribution is 2.23. The molecule has 2 heterocycles. The first-order chi connectivity index (χ1) is 12.0. The summed E-state index contributed by atoms with van der Waals surface area (Å²) in [6.45, 7) is 1.90. The van der Waals surface area contributed by atoms with Gasteiger partial charge in [0.1, 0.15) is 11.6 Å². The van der Waals surface area contributed by atoms with Gasteiger partial charge in [0.2, 0.25) is 0 Å². The van der Waals surface area contributed by atoms with Gasteiger partial charge in [-0.25, -0.2) is 9.37 Å². The third kappa shape index (κ3) is 4.62. The number of rotatable bonds is 4. The molecule has 0 saturated carbocycles. The number of aromatic nitrogens is 1. The molecular formula is C17H16ClFN4S2. The van der Waals surface area contributed by atoms with E-state index in [0.29, 0.717) is 5.11 Å². The molecule has 0 amide bonds. The van der Waals surface area contributed by atoms with Gasteiger partial charge in [-0.1, -0.05) is 17.7 Å². The molecule has 0 fully saturated rings. The Balaban J connectivity index is 1.58. The Labute approximate surface area is 160 Å². The minimum Gasteiger partial charge on any atom is -0.356 e. The van der Waals surface area contributed by atoms with Crippen LogP contribution >= 0.6 is 35.6 Å². The van der Waals surface area contributed by atoms with E-state index in [9.17, 15) is 4.39 Å². The smallest absolute Gasteiger partial charge is 0.171 e. The minimum absolute atomic E-state index is 0.106. The number of hydrogen-bond donors (Lipinski definition) is 2. The molecule has 1 aromatic carbocycles. The van der Waals surface area contributed by atoms with Crippen molar-refractivity contribution in [3.8, 4) is 0 Å². The number of thiocarbonyl (C=S) groups is 1. The highest BCUT2D eigenvalue weighted by Gasteiger charge is 2.11. The van der Waals surface area contributed by atoms with E-state index in [1.54, 1.807) is 24.0 Å². The van der Waals surface area contributed by atoms with Gasteiger partial charge >= 0.3 is 0 Å². The standard InChI is InChI=1S/C17H16ClFN4S2/c1-11(12-2-4-14(18)15(19)8-12)21-17(24)22-13-3-5-16(20-9-13)23-6-7-25-10-23/h2-9,11H,10H2,1H3,(H2,21,22,24). The Morgan fingerprint density at radius 2 is 2.24 bits per heavy atom. The molecule has 2 aromatic rings. The number of nitrogens with zero attached hydrogens (tertiary/aromatic N) is 2. The maximum absolute atomic E-state index is 13.6. The summed E-state index contributed by atoms with van der Waals surface area (Å²) in [5.41, 5.74) is 1.55. The van der Waals surface area contributed by atoms with Crippen LogP contribution in [0.4, 0.5) is 15.9 Å². The molecule has 1 aliphatic heterocycles. The van der Waals surface area contributed by atoms with Crippen molar-refractivity contribution in [2.24, 2.45) is 0 Å². The van der Waals surface area contributed by atoms with Crippen molar-refractivity contribution in [3.63, 3.8) is 0 Å². The van der Waals surface area contributed by atoms with Crippen LogP contribution in [-0.2, 0) is 0 Å². The zero-order valence-electron chi connectivity index (χ0n) is 13.4. The van der Waals surface area contributed by atoms with Crippen molar-refractivity contribution < 1.29 is 4.39 Å². The molecule has 0 saturated heterocycles. The molecule has 1 aliphatic rings. The number of anilines is 2. The molecule has 0 spiro atoms. The van der Waals surface area contributed by atoms with E-state index in [-0.39, 0.29) is 11.1 Å². The van der Waals surface area contributed by atoms with Crippen LogP contribution < -0.4 is 15.5 Å². The normalized spacial score (nSPS) is 14.4. The molecule has 0 bridgehead atoms. The van der Waals surface area contributed by atoms with E-state index in [0.717, 1.165) is 22.9 Å². The number of halogens is 2. The topological polar surface area (TPSA) is 40.2 Å². The van der Waals surface area contributed by atoms with Crippen LogP contribution in [0.15, 0.2) is 48.1 Å². The molecule has 0 aliphatic carbocycles. The van der Waals surface area contributed by atoms with Gasteiger partial charge in [-0.3, -0.25) is 0 Å². The van der Waals surface area contributed by atoms with Crippen LogP contribution in [0.5, 0.6) is 0 Å². The lowest BCUT2D eigenvalue weighted by Crippen LogP contribution is -2.31. The number of pyridine rings is 1. The molecule has 130 valence electrons. The molecular weight excluding hydrogens is 379 g/mol. The first-order valence-electron chi connectivity index (χ1n) is 7.56. The van der Waals surface area contributed by atoms with Crippen LogP contribution in [0.1, 0.15) is 18.5 Å². The van der Waals surface area contributed by atoms with E-state index in [1.807, 2.05) is 30.7 Å². The summed E-state index contributed by atoms with van der Waals surface area (Å²) < 4.78 is 13.6. The van der Waals surface area contributed by atoms with Crippen molar-refractivity contribution in [2.75, 3.05) is 16.1 Å². The van der Waals surface area contributed by atoms with Gasteiger partial charge in [-0.15, -0.1) is 11.8 Å². The molecule has 0 radical (unpaired) electrons. The summed E-state index contributed by atoms with van der Waals surface area (Å²) in [4.78, 5) is 6.48. The number of thioether (sulfide) groups is 1. The average Bonchev–Trinajstić information content (AvgIpc) is 3.12. The van der Waals surface area contributed by atoms with E-state index in [1.165, 1.54) is 12.1 Å². The third-order valence-electron chi connectivity index (χ3n) is 3.64. The lowest BCUT2D eigenvalue weighted by Gasteiger charge is -2.18. The maximum Gasteiger partial charge on any atom is 0.171 e. The molecule has 8 heteroatoms. The predicted molar refractivity (Wildman–Crippen MR) is 107 cm³/mol. The summed E-state index contributed by atoms with van der Waals surface area (Å²) in [6.07, 6.45) is 3.73. The van der Waals surface area contributed by atoms with Gasteiger partial charge in [-0.2, -0.15) is 0 Å². The number of benzene rings is 1. The van der Waals surface area contributed by atoms with Gasteiger partial charge < -0.3 is 15.5 Å². The van der Waals surface area contributed by atoms with Gasteiger partial charge in [0.25, 0.3) is 0 Å². The maximum atomic E-state index is 13.6. The second kappa shape index (κ2) is 8.03. The molecule has 1 unspecified atom stereocenters. The summed E-state index contributed by atoms with van der Waals surface area (Å²) in [7, 11) is 0. The van der Waals surface area contributed by atoms with Crippen molar-refractivity contribution in [1.82, 2.24) is 10.3 Å². The summed E-state index contributed by atoms with van der Waals surface area (Å²) >= 11 is 12.7. The van der Waals surface area contributed by atoms with Gasteiger partial charge in [0, 0.05) is 6.20 Å². The highest BCUT2D eigenvalue weighted by atomic mass is 35.5. The molecule has 25 heavy (non-hydrogen) atoms. The zero-order valence-corrected chi connectivity index (χ0v) is 15.8. The van der Waals surface area contributed by atoms with Crippen LogP contribution in [0.3, 0.4) is 0 Å². The Kier molecular flexibility index (Phi) is 5.78. The molecule has 2 N–H and O–H groups in total. The Morgan fingerprint density at radius 3 is 2.88 bits per heavy atom. The van der Waals surface area contributed by atoms with E-state index < -0.39 is 5.82 Å². The lowest BCUT2D eigenvalue weighted by atomic mass is 10.1. The van der Waals surface area contributed by atoms with Crippen molar-refractivity contribution in [3.05, 3.63) is 64.5 Å². The van der Waals surface area contributed by atoms with Crippen molar-refractivity contribution >= 4 is 52.2 Å². The number of hydrogen-bond acceptors (Lipinski definition) is 4. The lowest BCUT2D eigenvalue weighted by molar-refractivity contribution is 0.619. The molecule has 1 aromatic heterocycles. The third-order valence-corrected chi connectivity index (χ3v) is 4.91. The summed E-state index contributed by atoms with van der Waals surface area (Å²) in [6, 6.07) is 8.39. The van der Waals surface area contributed by atoms with Gasteiger partial charge in [0.05, 0.1) is 28.8 Å². The van der Waals surface area contributed by atoms with E-state index in [2.05, 4.69) is 20.5 Å². The SMILES string of the molecule is CC(NC(=S)Nc1ccc(N2C=CSC2)nc1)c1ccc(Cl)c(F)c1. The Morgan fingerprint density at radius 1 is 1.40 bits per heavy atom. The molecule has 3 rings (SSSR count). The Hall–Kier alpha value is -1.83. The van der Waals surface area contributed by atoms with Crippen LogP contribution in [0, 0.1) is 5.82 Å². The first kappa shape index (κ1) is 18.0. The van der Waals surface area contributed by atoms with Crippen molar-refractivity contribution in [2.45, 2.75) is 13.0 Å². The second-order valence-electron chi connectivity index (χ2n) is 5.45. The Bertz CT molecular complexity index is 798. The largest absolute Gasteiger partial charge is 0.356 e. The fourth-order valence-corrected chi connectivity index (χ4v) is 3.39. The van der Waals surface area contributed by atoms with E-state index in [4.69, 9.17) is 23.8 Å². The van der Waals surface area contributed by atoms with Crippen molar-refractivity contribution in [1.29, 1.82) is 0 Å². The monoisotopic (exact) mass is 394 g/mol. The first-order valence-corrected chi connectivity index (χ1v) is 9.40. The van der Waals surface area contributed by atoms with Crippen LogP contribution in [-0.4, -0.2) is 16.0 Å². The van der Waals surface area contributed by atoms with Gasteiger partial charge in [-0.05, 0) is 54.4 Å². The predicted octanol–water partition coefficient (Wildman–Crippen LogP) is 4.90. The highest BCUT2D eigenvalue weighted by molar-refractivity contribution is 8.02. The number of nitrogens with one attached hydrogen (secondary N) is 2. The zero-order chi connectivity index (χ0) is 17.8. The fourth-order valence-electron chi connectivity index (χ4n) is 2.28. The fraction of sp³-hybridized carbons (Fsp3) is 0.176. The quantitative estimate of drug-likeness (QED) is 0.718. The summed E-state index contributed by atoms with van der Waals surface area (Å²) in [5.74, 6) is 1.31.